The molecular weight excluding hydrogens is 230 g/mol. The number of ether oxygens (including phenoxy) is 1. The number of hydrogen-bond donors (Lipinski definition) is 1. The highest BCUT2D eigenvalue weighted by molar-refractivity contribution is 4.99. The molecule has 0 radical (unpaired) electrons. The Morgan fingerprint density at radius 1 is 1.44 bits per heavy atom. The lowest BCUT2D eigenvalue weighted by Gasteiger charge is -2.21. The predicted molar refractivity (Wildman–Crippen MR) is 70.4 cm³/mol. The van der Waals surface area contributed by atoms with E-state index < -0.39 is 5.60 Å². The van der Waals surface area contributed by atoms with Crippen LogP contribution in [0.1, 0.15) is 52.3 Å². The maximum Gasteiger partial charge on any atom is 0.226 e. The van der Waals surface area contributed by atoms with E-state index in [4.69, 9.17) is 9.26 Å². The van der Waals surface area contributed by atoms with Gasteiger partial charge in [-0.1, -0.05) is 25.9 Å². The average Bonchev–Trinajstić information content (AvgIpc) is 2.83. The minimum atomic E-state index is -0.446. The number of methoxy groups -OCH3 is 1. The van der Waals surface area contributed by atoms with Crippen molar-refractivity contribution in [2.24, 2.45) is 0 Å². The fraction of sp³-hybridized carbons (Fsp3) is 0.846. The van der Waals surface area contributed by atoms with E-state index in [1.807, 2.05) is 13.8 Å². The van der Waals surface area contributed by atoms with Crippen LogP contribution in [-0.2, 0) is 16.8 Å². The number of aryl methyl sites for hydroxylation is 1. The van der Waals surface area contributed by atoms with E-state index in [2.05, 4.69) is 29.3 Å². The summed E-state index contributed by atoms with van der Waals surface area (Å²) in [6, 6.07) is 0.514. The fourth-order valence-corrected chi connectivity index (χ4v) is 1.60. The molecule has 0 aliphatic heterocycles. The van der Waals surface area contributed by atoms with Crippen LogP contribution in [0.4, 0.5) is 0 Å². The third-order valence-corrected chi connectivity index (χ3v) is 3.19. The number of nitrogens with one attached hydrogen (secondary N) is 1. The van der Waals surface area contributed by atoms with Crippen molar-refractivity contribution in [1.29, 1.82) is 0 Å². The lowest BCUT2D eigenvalue weighted by Crippen LogP contribution is -2.25. The molecule has 0 bridgehead atoms. The molecule has 0 saturated heterocycles. The van der Waals surface area contributed by atoms with Gasteiger partial charge in [0.25, 0.3) is 0 Å². The van der Waals surface area contributed by atoms with Crippen molar-refractivity contribution in [2.75, 3.05) is 13.7 Å². The van der Waals surface area contributed by atoms with Crippen LogP contribution in [0.2, 0.25) is 0 Å². The van der Waals surface area contributed by atoms with Crippen LogP contribution in [-0.4, -0.2) is 29.8 Å². The van der Waals surface area contributed by atoms with Crippen LogP contribution in [0.3, 0.4) is 0 Å². The van der Waals surface area contributed by atoms with Crippen molar-refractivity contribution >= 4 is 0 Å². The quantitative estimate of drug-likeness (QED) is 0.722. The van der Waals surface area contributed by atoms with Crippen LogP contribution >= 0.6 is 0 Å². The summed E-state index contributed by atoms with van der Waals surface area (Å²) >= 11 is 0. The zero-order valence-electron chi connectivity index (χ0n) is 12.1. The minimum Gasteiger partial charge on any atom is -0.370 e. The van der Waals surface area contributed by atoms with E-state index in [1.165, 1.54) is 0 Å². The third kappa shape index (κ3) is 4.07. The first kappa shape index (κ1) is 15.1. The van der Waals surface area contributed by atoms with Gasteiger partial charge in [-0.05, 0) is 26.3 Å². The van der Waals surface area contributed by atoms with Gasteiger partial charge in [0.15, 0.2) is 0 Å². The Hall–Kier alpha value is -0.940. The first-order valence-corrected chi connectivity index (χ1v) is 6.63. The summed E-state index contributed by atoms with van der Waals surface area (Å²) in [6.45, 7) is 9.25. The van der Waals surface area contributed by atoms with E-state index in [0.717, 1.165) is 25.8 Å². The van der Waals surface area contributed by atoms with Crippen LogP contribution in [0.25, 0.3) is 0 Å². The molecule has 1 atom stereocenters. The summed E-state index contributed by atoms with van der Waals surface area (Å²) in [5.74, 6) is 1.33. The second-order valence-corrected chi connectivity index (χ2v) is 5.01. The Morgan fingerprint density at radius 3 is 2.72 bits per heavy atom. The molecule has 0 fully saturated rings. The molecule has 0 spiro atoms. The summed E-state index contributed by atoms with van der Waals surface area (Å²) in [6.07, 6.45) is 2.61. The Morgan fingerprint density at radius 2 is 2.17 bits per heavy atom. The molecule has 0 saturated carbocycles. The second-order valence-electron chi connectivity index (χ2n) is 5.01. The topological polar surface area (TPSA) is 60.2 Å². The van der Waals surface area contributed by atoms with Crippen LogP contribution in [0.5, 0.6) is 0 Å². The highest BCUT2D eigenvalue weighted by atomic mass is 16.5. The van der Waals surface area contributed by atoms with E-state index in [1.54, 1.807) is 7.11 Å². The Labute approximate surface area is 109 Å². The van der Waals surface area contributed by atoms with Crippen LogP contribution in [0.15, 0.2) is 4.52 Å². The van der Waals surface area contributed by atoms with Gasteiger partial charge in [-0.3, -0.25) is 0 Å². The molecule has 1 heterocycles. The van der Waals surface area contributed by atoms with E-state index in [0.29, 0.717) is 17.8 Å². The fourth-order valence-electron chi connectivity index (χ4n) is 1.60. The molecule has 0 amide bonds. The summed E-state index contributed by atoms with van der Waals surface area (Å²) in [4.78, 5) is 4.41. The summed E-state index contributed by atoms with van der Waals surface area (Å²) < 4.78 is 10.7. The normalized spacial score (nSPS) is 15.0. The van der Waals surface area contributed by atoms with Gasteiger partial charge in [0.1, 0.15) is 5.60 Å². The van der Waals surface area contributed by atoms with E-state index >= 15 is 0 Å². The minimum absolute atomic E-state index is 0.446. The molecule has 1 rings (SSSR count). The lowest BCUT2D eigenvalue weighted by atomic mass is 10.0. The van der Waals surface area contributed by atoms with E-state index in [-0.39, 0.29) is 0 Å². The Bertz CT molecular complexity index is 346. The van der Waals surface area contributed by atoms with Gasteiger partial charge in [-0.2, -0.15) is 4.98 Å². The first-order valence-electron chi connectivity index (χ1n) is 6.63. The second kappa shape index (κ2) is 6.85. The molecule has 0 aliphatic rings. The predicted octanol–water partition coefficient (Wildman–Crippen LogP) is 2.27. The number of aromatic nitrogens is 2. The van der Waals surface area contributed by atoms with Gasteiger partial charge in [0.2, 0.25) is 11.7 Å². The monoisotopic (exact) mass is 255 g/mol. The SMILES string of the molecule is CCC(C)(OC)c1noc(CCCNC(C)C)n1. The highest BCUT2D eigenvalue weighted by Gasteiger charge is 2.29. The summed E-state index contributed by atoms with van der Waals surface area (Å²) in [5.41, 5.74) is -0.446. The van der Waals surface area contributed by atoms with Crippen LogP contribution in [0, 0.1) is 0 Å². The number of nitrogens with zero attached hydrogens (tertiary/aromatic N) is 2. The summed E-state index contributed by atoms with van der Waals surface area (Å²) in [7, 11) is 1.67. The molecule has 104 valence electrons. The van der Waals surface area contributed by atoms with Gasteiger partial charge in [-0.25, -0.2) is 0 Å². The largest absolute Gasteiger partial charge is 0.370 e. The van der Waals surface area contributed by atoms with Crippen LogP contribution < -0.4 is 5.32 Å². The standard InChI is InChI=1S/C13H25N3O2/c1-6-13(4,17-5)12-15-11(18-16-12)8-7-9-14-10(2)3/h10,14H,6-9H2,1-5H3. The van der Waals surface area contributed by atoms with Crippen molar-refractivity contribution in [2.45, 2.75) is 58.6 Å². The zero-order valence-corrected chi connectivity index (χ0v) is 12.1. The lowest BCUT2D eigenvalue weighted by molar-refractivity contribution is -0.0106. The Balaban J connectivity index is 2.48. The molecule has 1 N–H and O–H groups in total. The molecule has 1 aromatic heterocycles. The summed E-state index contributed by atoms with van der Waals surface area (Å²) in [5, 5.41) is 7.37. The van der Waals surface area contributed by atoms with Gasteiger partial charge in [-0.15, -0.1) is 0 Å². The molecule has 5 nitrogen and oxygen atoms in total. The molecule has 1 aromatic rings. The molecular formula is C13H25N3O2. The molecule has 0 aliphatic carbocycles. The first-order chi connectivity index (χ1) is 8.51. The molecule has 5 heteroatoms. The average molecular weight is 255 g/mol. The Kier molecular flexibility index (Phi) is 5.75. The number of hydrogen-bond acceptors (Lipinski definition) is 5. The van der Waals surface area contributed by atoms with Crippen molar-refractivity contribution < 1.29 is 9.26 Å². The van der Waals surface area contributed by atoms with Gasteiger partial charge in [0, 0.05) is 19.6 Å². The van der Waals surface area contributed by atoms with Crippen molar-refractivity contribution in [1.82, 2.24) is 15.5 Å². The smallest absolute Gasteiger partial charge is 0.226 e. The van der Waals surface area contributed by atoms with Gasteiger partial charge in [0.05, 0.1) is 0 Å². The molecule has 18 heavy (non-hydrogen) atoms. The van der Waals surface area contributed by atoms with Crippen molar-refractivity contribution in [3.63, 3.8) is 0 Å². The molecule has 1 unspecified atom stereocenters. The zero-order chi connectivity index (χ0) is 13.6. The number of rotatable bonds is 8. The van der Waals surface area contributed by atoms with E-state index in [9.17, 15) is 0 Å². The van der Waals surface area contributed by atoms with Gasteiger partial charge >= 0.3 is 0 Å². The highest BCUT2D eigenvalue weighted by Crippen LogP contribution is 2.25. The van der Waals surface area contributed by atoms with Gasteiger partial charge < -0.3 is 14.6 Å². The maximum atomic E-state index is 5.45. The maximum absolute atomic E-state index is 5.45. The third-order valence-electron chi connectivity index (χ3n) is 3.19. The van der Waals surface area contributed by atoms with Crippen molar-refractivity contribution in [3.05, 3.63) is 11.7 Å². The van der Waals surface area contributed by atoms with Crippen molar-refractivity contribution in [3.8, 4) is 0 Å². The molecule has 0 aromatic carbocycles.